The molecular formula is C25H23N3O2. The number of urea groups is 1. The molecule has 0 bridgehead atoms. The first kappa shape index (κ1) is 19.5. The average Bonchev–Trinajstić information content (AvgIpc) is 2.81. The molecule has 5 nitrogen and oxygen atoms in total. The smallest absolute Gasteiger partial charge is 0.321 e. The fourth-order valence-electron chi connectivity index (χ4n) is 3.75. The lowest BCUT2D eigenvalue weighted by Gasteiger charge is -2.37. The Morgan fingerprint density at radius 1 is 0.867 bits per heavy atom. The summed E-state index contributed by atoms with van der Waals surface area (Å²) in [7, 11) is 0. The summed E-state index contributed by atoms with van der Waals surface area (Å²) in [5, 5.41) is 12.7. The van der Waals surface area contributed by atoms with Crippen LogP contribution >= 0.6 is 0 Å². The van der Waals surface area contributed by atoms with E-state index in [9.17, 15) is 10.1 Å². The van der Waals surface area contributed by atoms with Gasteiger partial charge in [0.15, 0.2) is 0 Å². The zero-order valence-corrected chi connectivity index (χ0v) is 16.6. The van der Waals surface area contributed by atoms with Crippen molar-refractivity contribution in [3.63, 3.8) is 0 Å². The second-order valence-corrected chi connectivity index (χ2v) is 7.42. The van der Waals surface area contributed by atoms with Crippen LogP contribution in [0.25, 0.3) is 0 Å². The van der Waals surface area contributed by atoms with Crippen LogP contribution in [-0.4, -0.2) is 24.0 Å². The molecule has 4 rings (SSSR count). The molecule has 0 unspecified atom stereocenters. The van der Waals surface area contributed by atoms with E-state index in [1.165, 1.54) is 0 Å². The molecule has 0 aromatic heterocycles. The van der Waals surface area contributed by atoms with Gasteiger partial charge in [0.2, 0.25) is 0 Å². The topological polar surface area (TPSA) is 65.4 Å². The fraction of sp³-hybridized carbons (Fsp3) is 0.200. The number of nitriles is 1. The molecule has 0 atom stereocenters. The minimum Gasteiger partial charge on any atom is -0.457 e. The SMILES string of the molecule is N#CC1(c2ccccc2)CCN(C(=O)Nc2ccc(Oc3ccccc3)cc2)CC1. The second kappa shape index (κ2) is 8.71. The van der Waals surface area contributed by atoms with E-state index >= 15 is 0 Å². The minimum absolute atomic E-state index is 0.147. The lowest BCUT2D eigenvalue weighted by molar-refractivity contribution is 0.183. The van der Waals surface area contributed by atoms with Gasteiger partial charge in [-0.1, -0.05) is 48.5 Å². The number of piperidine rings is 1. The lowest BCUT2D eigenvalue weighted by Crippen LogP contribution is -2.46. The monoisotopic (exact) mass is 397 g/mol. The largest absolute Gasteiger partial charge is 0.457 e. The summed E-state index contributed by atoms with van der Waals surface area (Å²) in [6, 6.07) is 29.1. The van der Waals surface area contributed by atoms with Crippen molar-refractivity contribution in [3.8, 4) is 17.6 Å². The van der Waals surface area contributed by atoms with Gasteiger partial charge in [-0.05, 0) is 54.8 Å². The minimum atomic E-state index is -0.519. The average molecular weight is 397 g/mol. The highest BCUT2D eigenvalue weighted by atomic mass is 16.5. The number of nitrogens with one attached hydrogen (secondary N) is 1. The molecule has 1 aliphatic rings. The molecule has 30 heavy (non-hydrogen) atoms. The summed E-state index contributed by atoms with van der Waals surface area (Å²) in [5.74, 6) is 1.47. The Labute approximate surface area is 176 Å². The molecule has 3 aromatic rings. The van der Waals surface area contributed by atoms with Crippen LogP contribution in [-0.2, 0) is 5.41 Å². The number of carbonyl (C=O) groups is 1. The highest BCUT2D eigenvalue weighted by Crippen LogP contribution is 2.35. The number of anilines is 1. The van der Waals surface area contributed by atoms with Crippen LogP contribution in [0.1, 0.15) is 18.4 Å². The standard InChI is InChI=1S/C25H23N3O2/c26-19-25(20-7-3-1-4-8-20)15-17-28(18-16-25)24(29)27-21-11-13-23(14-12-21)30-22-9-5-2-6-10-22/h1-14H,15-18H2,(H,27,29). The highest BCUT2D eigenvalue weighted by molar-refractivity contribution is 5.89. The van der Waals surface area contributed by atoms with Gasteiger partial charge >= 0.3 is 6.03 Å². The third-order valence-corrected chi connectivity index (χ3v) is 5.53. The van der Waals surface area contributed by atoms with Crippen molar-refractivity contribution in [2.45, 2.75) is 18.3 Å². The number of rotatable bonds is 4. The van der Waals surface area contributed by atoms with Gasteiger partial charge in [0.1, 0.15) is 11.5 Å². The van der Waals surface area contributed by atoms with Crippen LogP contribution in [0.15, 0.2) is 84.9 Å². The summed E-state index contributed by atoms with van der Waals surface area (Å²) in [4.78, 5) is 14.5. The molecule has 0 aliphatic carbocycles. The van der Waals surface area contributed by atoms with Gasteiger partial charge in [-0.25, -0.2) is 4.79 Å². The zero-order valence-electron chi connectivity index (χ0n) is 16.6. The Hall–Kier alpha value is -3.78. The Bertz CT molecular complexity index is 1020. The van der Waals surface area contributed by atoms with E-state index in [1.807, 2.05) is 84.9 Å². The van der Waals surface area contributed by atoms with Crippen molar-refractivity contribution in [3.05, 3.63) is 90.5 Å². The molecule has 0 radical (unpaired) electrons. The van der Waals surface area contributed by atoms with Crippen LogP contribution in [0.5, 0.6) is 11.5 Å². The number of hydrogen-bond acceptors (Lipinski definition) is 3. The van der Waals surface area contributed by atoms with Gasteiger partial charge < -0.3 is 15.0 Å². The maximum atomic E-state index is 12.7. The fourth-order valence-corrected chi connectivity index (χ4v) is 3.75. The summed E-state index contributed by atoms with van der Waals surface area (Å²) >= 11 is 0. The van der Waals surface area contributed by atoms with Crippen molar-refractivity contribution in [2.24, 2.45) is 0 Å². The number of hydrogen-bond donors (Lipinski definition) is 1. The Balaban J connectivity index is 1.34. The van der Waals surface area contributed by atoms with E-state index in [-0.39, 0.29) is 6.03 Å². The molecule has 5 heteroatoms. The molecule has 3 aromatic carbocycles. The van der Waals surface area contributed by atoms with Gasteiger partial charge in [0.25, 0.3) is 0 Å². The highest BCUT2D eigenvalue weighted by Gasteiger charge is 2.37. The quantitative estimate of drug-likeness (QED) is 0.626. The lowest BCUT2D eigenvalue weighted by atomic mass is 9.74. The number of carbonyl (C=O) groups excluding carboxylic acids is 1. The number of para-hydroxylation sites is 1. The number of ether oxygens (including phenoxy) is 1. The Morgan fingerprint density at radius 2 is 1.43 bits per heavy atom. The predicted octanol–water partition coefficient (Wildman–Crippen LogP) is 5.57. The molecule has 0 saturated carbocycles. The van der Waals surface area contributed by atoms with E-state index in [1.54, 1.807) is 4.90 Å². The first-order valence-corrected chi connectivity index (χ1v) is 10.0. The normalized spacial score (nSPS) is 15.1. The van der Waals surface area contributed by atoms with Gasteiger partial charge in [-0.2, -0.15) is 5.26 Å². The number of amides is 2. The van der Waals surface area contributed by atoms with Gasteiger partial charge in [0, 0.05) is 18.8 Å². The molecule has 1 aliphatic heterocycles. The maximum absolute atomic E-state index is 12.7. The van der Waals surface area contributed by atoms with Crippen molar-refractivity contribution >= 4 is 11.7 Å². The van der Waals surface area contributed by atoms with E-state index < -0.39 is 5.41 Å². The van der Waals surface area contributed by atoms with Crippen LogP contribution in [0.3, 0.4) is 0 Å². The van der Waals surface area contributed by atoms with Crippen molar-refractivity contribution in [1.29, 1.82) is 5.26 Å². The van der Waals surface area contributed by atoms with E-state index in [0.717, 1.165) is 11.3 Å². The van der Waals surface area contributed by atoms with E-state index in [0.29, 0.717) is 37.4 Å². The summed E-state index contributed by atoms with van der Waals surface area (Å²) in [5.41, 5.74) is 1.22. The molecule has 1 saturated heterocycles. The summed E-state index contributed by atoms with van der Waals surface area (Å²) < 4.78 is 5.78. The Kier molecular flexibility index (Phi) is 5.67. The third-order valence-electron chi connectivity index (χ3n) is 5.53. The van der Waals surface area contributed by atoms with Crippen molar-refractivity contribution < 1.29 is 9.53 Å². The van der Waals surface area contributed by atoms with Crippen LogP contribution in [0, 0.1) is 11.3 Å². The molecular weight excluding hydrogens is 374 g/mol. The predicted molar refractivity (Wildman–Crippen MR) is 117 cm³/mol. The van der Waals surface area contributed by atoms with Gasteiger partial charge in [-0.3, -0.25) is 0 Å². The first-order valence-electron chi connectivity index (χ1n) is 10.0. The van der Waals surface area contributed by atoms with Gasteiger partial charge in [0.05, 0.1) is 11.5 Å². The van der Waals surface area contributed by atoms with Crippen molar-refractivity contribution in [1.82, 2.24) is 4.90 Å². The molecule has 150 valence electrons. The van der Waals surface area contributed by atoms with Crippen LogP contribution < -0.4 is 10.1 Å². The molecule has 0 spiro atoms. The summed E-state index contributed by atoms with van der Waals surface area (Å²) in [6.45, 7) is 1.09. The zero-order chi connectivity index (χ0) is 20.8. The third kappa shape index (κ3) is 4.28. The molecule has 2 amide bonds. The van der Waals surface area contributed by atoms with Crippen LogP contribution in [0.2, 0.25) is 0 Å². The number of nitrogens with zero attached hydrogens (tertiary/aromatic N) is 2. The Morgan fingerprint density at radius 3 is 2.03 bits per heavy atom. The second-order valence-electron chi connectivity index (χ2n) is 7.42. The molecule has 1 fully saturated rings. The maximum Gasteiger partial charge on any atom is 0.321 e. The number of benzene rings is 3. The van der Waals surface area contributed by atoms with E-state index in [4.69, 9.17) is 4.74 Å². The van der Waals surface area contributed by atoms with Crippen molar-refractivity contribution in [2.75, 3.05) is 18.4 Å². The first-order chi connectivity index (χ1) is 14.7. The number of likely N-dealkylation sites (tertiary alicyclic amines) is 1. The molecule has 1 heterocycles. The van der Waals surface area contributed by atoms with Gasteiger partial charge in [-0.15, -0.1) is 0 Å². The van der Waals surface area contributed by atoms with Crippen LogP contribution in [0.4, 0.5) is 10.5 Å². The molecule has 1 N–H and O–H groups in total. The summed E-state index contributed by atoms with van der Waals surface area (Å²) in [6.07, 6.45) is 1.26. The van der Waals surface area contributed by atoms with E-state index in [2.05, 4.69) is 11.4 Å².